The predicted octanol–water partition coefficient (Wildman–Crippen LogP) is 4.79. The van der Waals surface area contributed by atoms with Crippen LogP contribution in [0.1, 0.15) is 90.4 Å². The molecule has 0 radical (unpaired) electrons. The van der Waals surface area contributed by atoms with E-state index >= 15 is 0 Å². The lowest BCUT2D eigenvalue weighted by Gasteiger charge is -2.31. The van der Waals surface area contributed by atoms with Crippen LogP contribution in [0.2, 0.25) is 0 Å². The maximum absolute atomic E-state index is 6.54. The molecule has 1 rings (SSSR count). The minimum atomic E-state index is 0.201. The summed E-state index contributed by atoms with van der Waals surface area (Å²) in [6.45, 7) is 2.28. The van der Waals surface area contributed by atoms with Crippen LogP contribution in [0.15, 0.2) is 0 Å². The zero-order valence-corrected chi connectivity index (χ0v) is 11.3. The van der Waals surface area contributed by atoms with Crippen LogP contribution in [0, 0.1) is 0 Å². The fraction of sp³-hybridized carbons (Fsp3) is 1.00. The Morgan fingerprint density at radius 1 is 0.812 bits per heavy atom. The Hall–Kier alpha value is -0.0400. The molecule has 0 aliphatic heterocycles. The first-order valence-electron chi connectivity index (χ1n) is 7.56. The van der Waals surface area contributed by atoms with Crippen LogP contribution >= 0.6 is 0 Å². The Labute approximate surface area is 102 Å². The van der Waals surface area contributed by atoms with E-state index in [-0.39, 0.29) is 5.54 Å². The van der Waals surface area contributed by atoms with Gasteiger partial charge in [0.05, 0.1) is 0 Å². The molecule has 96 valence electrons. The minimum absolute atomic E-state index is 0.201. The summed E-state index contributed by atoms with van der Waals surface area (Å²) in [6.07, 6.45) is 17.7. The third-order valence-corrected chi connectivity index (χ3v) is 4.13. The average molecular weight is 225 g/mol. The van der Waals surface area contributed by atoms with E-state index in [0.717, 1.165) is 0 Å². The van der Waals surface area contributed by atoms with Crippen molar-refractivity contribution in [3.63, 3.8) is 0 Å². The van der Waals surface area contributed by atoms with E-state index in [1.807, 2.05) is 0 Å². The Morgan fingerprint density at radius 2 is 1.38 bits per heavy atom. The summed E-state index contributed by atoms with van der Waals surface area (Å²) in [5, 5.41) is 0. The summed E-state index contributed by atoms with van der Waals surface area (Å²) in [7, 11) is 0. The topological polar surface area (TPSA) is 26.0 Å². The van der Waals surface area contributed by atoms with Crippen LogP contribution in [0.4, 0.5) is 0 Å². The summed E-state index contributed by atoms with van der Waals surface area (Å²) in [4.78, 5) is 0. The summed E-state index contributed by atoms with van der Waals surface area (Å²) in [5.41, 5.74) is 6.74. The Bertz CT molecular complexity index is 157. The van der Waals surface area contributed by atoms with Gasteiger partial charge in [0.15, 0.2) is 0 Å². The van der Waals surface area contributed by atoms with Crippen molar-refractivity contribution in [2.45, 2.75) is 95.9 Å². The van der Waals surface area contributed by atoms with E-state index in [9.17, 15) is 0 Å². The van der Waals surface area contributed by atoms with Gasteiger partial charge in [-0.05, 0) is 19.3 Å². The molecule has 0 saturated heterocycles. The van der Waals surface area contributed by atoms with Gasteiger partial charge in [0.25, 0.3) is 0 Å². The summed E-state index contributed by atoms with van der Waals surface area (Å²) in [5.74, 6) is 0. The van der Waals surface area contributed by atoms with Gasteiger partial charge in [-0.1, -0.05) is 71.1 Å². The van der Waals surface area contributed by atoms with Gasteiger partial charge in [-0.15, -0.1) is 0 Å². The molecule has 0 heterocycles. The third-order valence-electron chi connectivity index (χ3n) is 4.13. The zero-order chi connectivity index (χ0) is 11.7. The van der Waals surface area contributed by atoms with Gasteiger partial charge in [0, 0.05) is 5.54 Å². The first-order chi connectivity index (χ1) is 7.77. The SMILES string of the molecule is CCCCCCCC1(N)CCCCCCC1. The molecule has 1 fully saturated rings. The molecule has 2 N–H and O–H groups in total. The van der Waals surface area contributed by atoms with Crippen molar-refractivity contribution < 1.29 is 0 Å². The van der Waals surface area contributed by atoms with Crippen molar-refractivity contribution in [2.24, 2.45) is 5.73 Å². The zero-order valence-electron chi connectivity index (χ0n) is 11.3. The molecule has 1 aliphatic carbocycles. The fourth-order valence-corrected chi connectivity index (χ4v) is 2.94. The molecule has 0 unspecified atom stereocenters. The second kappa shape index (κ2) is 8.11. The molecule has 0 aromatic carbocycles. The summed E-state index contributed by atoms with van der Waals surface area (Å²) >= 11 is 0. The van der Waals surface area contributed by atoms with Gasteiger partial charge < -0.3 is 5.73 Å². The first-order valence-corrected chi connectivity index (χ1v) is 7.56. The molecular weight excluding hydrogens is 194 g/mol. The van der Waals surface area contributed by atoms with Crippen LogP contribution in [0.25, 0.3) is 0 Å². The molecule has 1 saturated carbocycles. The molecule has 1 nitrogen and oxygen atoms in total. The molecule has 0 aromatic heterocycles. The molecular formula is C15H31N. The lowest BCUT2D eigenvalue weighted by molar-refractivity contribution is 0.288. The van der Waals surface area contributed by atoms with Gasteiger partial charge in [0.2, 0.25) is 0 Å². The molecule has 0 spiro atoms. The smallest absolute Gasteiger partial charge is 0.0154 e. The monoisotopic (exact) mass is 225 g/mol. The van der Waals surface area contributed by atoms with Crippen molar-refractivity contribution in [2.75, 3.05) is 0 Å². The first kappa shape index (κ1) is 14.0. The maximum atomic E-state index is 6.54. The van der Waals surface area contributed by atoms with E-state index < -0.39 is 0 Å². The molecule has 1 heteroatoms. The molecule has 0 atom stereocenters. The second-order valence-electron chi connectivity index (χ2n) is 5.79. The molecule has 0 amide bonds. The highest BCUT2D eigenvalue weighted by atomic mass is 14.7. The highest BCUT2D eigenvalue weighted by Gasteiger charge is 2.24. The number of hydrogen-bond acceptors (Lipinski definition) is 1. The van der Waals surface area contributed by atoms with Gasteiger partial charge in [0.1, 0.15) is 0 Å². The van der Waals surface area contributed by atoms with E-state index in [1.165, 1.54) is 83.5 Å². The standard InChI is InChI=1S/C15H31N/c1-2-3-4-6-9-12-15(16)13-10-7-5-8-11-14-15/h2-14,16H2,1H3. The van der Waals surface area contributed by atoms with Crippen LogP contribution < -0.4 is 5.73 Å². The maximum Gasteiger partial charge on any atom is 0.0154 e. The number of nitrogens with two attached hydrogens (primary N) is 1. The van der Waals surface area contributed by atoms with Gasteiger partial charge >= 0.3 is 0 Å². The Morgan fingerprint density at radius 3 is 2.00 bits per heavy atom. The Balaban J connectivity index is 2.15. The van der Waals surface area contributed by atoms with Crippen LogP contribution in [-0.2, 0) is 0 Å². The second-order valence-corrected chi connectivity index (χ2v) is 5.79. The van der Waals surface area contributed by atoms with Gasteiger partial charge in [-0.3, -0.25) is 0 Å². The lowest BCUT2D eigenvalue weighted by atomic mass is 9.81. The average Bonchev–Trinajstić information content (AvgIpc) is 2.24. The van der Waals surface area contributed by atoms with Crippen molar-refractivity contribution in [3.05, 3.63) is 0 Å². The molecule has 0 bridgehead atoms. The van der Waals surface area contributed by atoms with Crippen molar-refractivity contribution in [3.8, 4) is 0 Å². The van der Waals surface area contributed by atoms with Crippen molar-refractivity contribution in [1.82, 2.24) is 0 Å². The fourth-order valence-electron chi connectivity index (χ4n) is 2.94. The number of rotatable bonds is 6. The van der Waals surface area contributed by atoms with Crippen LogP contribution in [0.5, 0.6) is 0 Å². The van der Waals surface area contributed by atoms with E-state index in [4.69, 9.17) is 5.73 Å². The lowest BCUT2D eigenvalue weighted by Crippen LogP contribution is -2.40. The Kier molecular flexibility index (Phi) is 7.11. The minimum Gasteiger partial charge on any atom is -0.325 e. The normalized spacial score (nSPS) is 21.4. The summed E-state index contributed by atoms with van der Waals surface area (Å²) < 4.78 is 0. The largest absolute Gasteiger partial charge is 0.325 e. The van der Waals surface area contributed by atoms with Gasteiger partial charge in [-0.25, -0.2) is 0 Å². The third kappa shape index (κ3) is 5.89. The predicted molar refractivity (Wildman–Crippen MR) is 72.6 cm³/mol. The van der Waals surface area contributed by atoms with E-state index in [2.05, 4.69) is 6.92 Å². The van der Waals surface area contributed by atoms with Crippen LogP contribution in [0.3, 0.4) is 0 Å². The van der Waals surface area contributed by atoms with Crippen molar-refractivity contribution >= 4 is 0 Å². The number of unbranched alkanes of at least 4 members (excludes halogenated alkanes) is 4. The van der Waals surface area contributed by atoms with Crippen LogP contribution in [-0.4, -0.2) is 5.54 Å². The highest BCUT2D eigenvalue weighted by molar-refractivity contribution is 4.85. The number of hydrogen-bond donors (Lipinski definition) is 1. The molecule has 1 aliphatic rings. The quantitative estimate of drug-likeness (QED) is 0.646. The van der Waals surface area contributed by atoms with E-state index in [1.54, 1.807) is 0 Å². The molecule has 16 heavy (non-hydrogen) atoms. The highest BCUT2D eigenvalue weighted by Crippen LogP contribution is 2.28. The summed E-state index contributed by atoms with van der Waals surface area (Å²) in [6, 6.07) is 0. The van der Waals surface area contributed by atoms with Gasteiger partial charge in [-0.2, -0.15) is 0 Å². The van der Waals surface area contributed by atoms with Crippen molar-refractivity contribution in [1.29, 1.82) is 0 Å². The van der Waals surface area contributed by atoms with E-state index in [0.29, 0.717) is 0 Å². The molecule has 0 aromatic rings.